The Morgan fingerprint density at radius 2 is 2.43 bits per heavy atom. The SMILES string of the molecule is O=CC1CCOc2ccc(F)cc2N1. The molecular formula is C10H10FNO2. The van der Waals surface area contributed by atoms with Gasteiger partial charge in [-0.05, 0) is 12.1 Å². The Hall–Kier alpha value is -1.58. The summed E-state index contributed by atoms with van der Waals surface area (Å²) >= 11 is 0. The molecular weight excluding hydrogens is 185 g/mol. The number of rotatable bonds is 1. The van der Waals surface area contributed by atoms with Crippen molar-refractivity contribution in [2.75, 3.05) is 11.9 Å². The van der Waals surface area contributed by atoms with E-state index in [9.17, 15) is 9.18 Å². The molecule has 1 aromatic carbocycles. The first-order valence-electron chi connectivity index (χ1n) is 4.44. The summed E-state index contributed by atoms with van der Waals surface area (Å²) in [5.41, 5.74) is 0.541. The van der Waals surface area contributed by atoms with E-state index in [-0.39, 0.29) is 11.9 Å². The molecule has 1 heterocycles. The van der Waals surface area contributed by atoms with Crippen LogP contribution in [0.15, 0.2) is 18.2 Å². The van der Waals surface area contributed by atoms with Gasteiger partial charge < -0.3 is 14.8 Å². The van der Waals surface area contributed by atoms with E-state index in [4.69, 9.17) is 4.74 Å². The van der Waals surface area contributed by atoms with Crippen LogP contribution in [0.2, 0.25) is 0 Å². The smallest absolute Gasteiger partial charge is 0.142 e. The molecule has 0 spiro atoms. The zero-order chi connectivity index (χ0) is 9.97. The summed E-state index contributed by atoms with van der Waals surface area (Å²) < 4.78 is 18.2. The van der Waals surface area contributed by atoms with Gasteiger partial charge in [-0.1, -0.05) is 0 Å². The molecule has 0 fully saturated rings. The maximum atomic E-state index is 12.9. The minimum Gasteiger partial charge on any atom is -0.491 e. The fourth-order valence-electron chi connectivity index (χ4n) is 1.41. The van der Waals surface area contributed by atoms with E-state index in [1.165, 1.54) is 12.1 Å². The Labute approximate surface area is 80.9 Å². The van der Waals surface area contributed by atoms with E-state index in [0.29, 0.717) is 24.5 Å². The molecule has 0 bridgehead atoms. The fourth-order valence-corrected chi connectivity index (χ4v) is 1.41. The van der Waals surface area contributed by atoms with Crippen molar-refractivity contribution < 1.29 is 13.9 Å². The number of nitrogens with one attached hydrogen (secondary N) is 1. The first-order chi connectivity index (χ1) is 6.79. The Bertz CT molecular complexity index is 354. The number of ether oxygens (including phenoxy) is 1. The number of anilines is 1. The number of hydrogen-bond donors (Lipinski definition) is 1. The van der Waals surface area contributed by atoms with E-state index < -0.39 is 0 Å². The summed E-state index contributed by atoms with van der Waals surface area (Å²) in [6, 6.07) is 3.93. The highest BCUT2D eigenvalue weighted by Gasteiger charge is 2.15. The summed E-state index contributed by atoms with van der Waals surface area (Å²) in [5.74, 6) is 0.252. The van der Waals surface area contributed by atoms with Crippen LogP contribution in [0.1, 0.15) is 6.42 Å². The number of benzene rings is 1. The predicted octanol–water partition coefficient (Wildman–Crippen LogP) is 1.59. The lowest BCUT2D eigenvalue weighted by atomic mass is 10.2. The second-order valence-electron chi connectivity index (χ2n) is 3.16. The number of carbonyl (C=O) groups is 1. The zero-order valence-electron chi connectivity index (χ0n) is 7.50. The minimum absolute atomic E-state index is 0.293. The Kier molecular flexibility index (Phi) is 2.35. The Morgan fingerprint density at radius 3 is 3.21 bits per heavy atom. The lowest BCUT2D eigenvalue weighted by Crippen LogP contribution is -2.20. The van der Waals surface area contributed by atoms with Gasteiger partial charge in [-0.2, -0.15) is 0 Å². The predicted molar refractivity (Wildman–Crippen MR) is 50.0 cm³/mol. The summed E-state index contributed by atoms with van der Waals surface area (Å²) in [6.45, 7) is 0.467. The van der Waals surface area contributed by atoms with Crippen molar-refractivity contribution in [3.8, 4) is 5.75 Å². The summed E-state index contributed by atoms with van der Waals surface area (Å²) in [6.07, 6.45) is 1.41. The second kappa shape index (κ2) is 3.65. The Morgan fingerprint density at radius 1 is 1.57 bits per heavy atom. The standard InChI is InChI=1S/C10H10FNO2/c11-7-1-2-10-9(5-7)12-8(6-13)3-4-14-10/h1-2,5-6,8,12H,3-4H2. The summed E-state index contributed by atoms with van der Waals surface area (Å²) in [5, 5.41) is 2.92. The van der Waals surface area contributed by atoms with Crippen molar-refractivity contribution in [3.63, 3.8) is 0 Å². The highest BCUT2D eigenvalue weighted by Crippen LogP contribution is 2.28. The van der Waals surface area contributed by atoms with Gasteiger partial charge in [0.25, 0.3) is 0 Å². The van der Waals surface area contributed by atoms with Gasteiger partial charge in [0.1, 0.15) is 17.9 Å². The van der Waals surface area contributed by atoms with Crippen molar-refractivity contribution in [1.82, 2.24) is 0 Å². The van der Waals surface area contributed by atoms with Crippen LogP contribution in [0.5, 0.6) is 5.75 Å². The highest BCUT2D eigenvalue weighted by molar-refractivity contribution is 5.68. The molecule has 1 aromatic rings. The lowest BCUT2D eigenvalue weighted by molar-refractivity contribution is -0.108. The van der Waals surface area contributed by atoms with Crippen molar-refractivity contribution in [3.05, 3.63) is 24.0 Å². The molecule has 4 heteroatoms. The molecule has 0 saturated heterocycles. The first-order valence-corrected chi connectivity index (χ1v) is 4.44. The monoisotopic (exact) mass is 195 g/mol. The van der Waals surface area contributed by atoms with Crippen molar-refractivity contribution >= 4 is 12.0 Å². The molecule has 0 radical (unpaired) electrons. The number of halogens is 1. The average Bonchev–Trinajstić information content (AvgIpc) is 2.38. The van der Waals surface area contributed by atoms with Crippen LogP contribution < -0.4 is 10.1 Å². The number of aldehydes is 1. The van der Waals surface area contributed by atoms with Gasteiger partial charge in [-0.15, -0.1) is 0 Å². The van der Waals surface area contributed by atoms with Crippen LogP contribution in [-0.2, 0) is 4.79 Å². The normalized spacial score (nSPS) is 19.9. The number of carbonyl (C=O) groups excluding carboxylic acids is 1. The maximum Gasteiger partial charge on any atom is 0.142 e. The molecule has 1 aliphatic rings. The third-order valence-electron chi connectivity index (χ3n) is 2.13. The second-order valence-corrected chi connectivity index (χ2v) is 3.16. The molecule has 1 atom stereocenters. The Balaban J connectivity index is 2.33. The van der Waals surface area contributed by atoms with Gasteiger partial charge in [0, 0.05) is 12.5 Å². The average molecular weight is 195 g/mol. The van der Waals surface area contributed by atoms with E-state index in [1.807, 2.05) is 0 Å². The van der Waals surface area contributed by atoms with E-state index in [2.05, 4.69) is 5.32 Å². The van der Waals surface area contributed by atoms with Gasteiger partial charge in [0.05, 0.1) is 18.3 Å². The number of hydrogen-bond acceptors (Lipinski definition) is 3. The minimum atomic E-state index is -0.341. The molecule has 74 valence electrons. The van der Waals surface area contributed by atoms with Crippen molar-refractivity contribution in [2.45, 2.75) is 12.5 Å². The van der Waals surface area contributed by atoms with Crippen LogP contribution in [0.3, 0.4) is 0 Å². The van der Waals surface area contributed by atoms with Crippen LogP contribution in [0, 0.1) is 5.82 Å². The molecule has 0 aliphatic carbocycles. The van der Waals surface area contributed by atoms with Crippen LogP contribution >= 0.6 is 0 Å². The van der Waals surface area contributed by atoms with Gasteiger partial charge in [0.15, 0.2) is 0 Å². The van der Waals surface area contributed by atoms with Crippen molar-refractivity contribution in [1.29, 1.82) is 0 Å². The van der Waals surface area contributed by atoms with Gasteiger partial charge in [-0.3, -0.25) is 0 Å². The first kappa shape index (κ1) is 8.99. The van der Waals surface area contributed by atoms with E-state index in [1.54, 1.807) is 6.07 Å². The highest BCUT2D eigenvalue weighted by atomic mass is 19.1. The topological polar surface area (TPSA) is 38.3 Å². The van der Waals surface area contributed by atoms with Gasteiger partial charge in [0.2, 0.25) is 0 Å². The van der Waals surface area contributed by atoms with Gasteiger partial charge in [-0.25, -0.2) is 4.39 Å². The van der Waals surface area contributed by atoms with Crippen molar-refractivity contribution in [2.24, 2.45) is 0 Å². The molecule has 0 amide bonds. The quantitative estimate of drug-likeness (QED) is 0.691. The maximum absolute atomic E-state index is 12.9. The van der Waals surface area contributed by atoms with Crippen LogP contribution in [0.4, 0.5) is 10.1 Å². The third kappa shape index (κ3) is 1.69. The fraction of sp³-hybridized carbons (Fsp3) is 0.300. The molecule has 1 aliphatic heterocycles. The van der Waals surface area contributed by atoms with Crippen LogP contribution in [-0.4, -0.2) is 18.9 Å². The largest absolute Gasteiger partial charge is 0.491 e. The lowest BCUT2D eigenvalue weighted by Gasteiger charge is -2.09. The zero-order valence-corrected chi connectivity index (χ0v) is 7.50. The van der Waals surface area contributed by atoms with Gasteiger partial charge >= 0.3 is 0 Å². The molecule has 0 aromatic heterocycles. The number of fused-ring (bicyclic) bond motifs is 1. The molecule has 2 rings (SSSR count). The molecule has 0 saturated carbocycles. The molecule has 1 unspecified atom stereocenters. The molecule has 1 N–H and O–H groups in total. The summed E-state index contributed by atoms with van der Waals surface area (Å²) in [7, 11) is 0. The van der Waals surface area contributed by atoms with E-state index in [0.717, 1.165) is 6.29 Å². The molecule has 14 heavy (non-hydrogen) atoms. The van der Waals surface area contributed by atoms with E-state index >= 15 is 0 Å². The third-order valence-corrected chi connectivity index (χ3v) is 2.13. The summed E-state index contributed by atoms with van der Waals surface area (Å²) in [4.78, 5) is 10.6. The molecule has 3 nitrogen and oxygen atoms in total. The van der Waals surface area contributed by atoms with Crippen LogP contribution in [0.25, 0.3) is 0 Å².